The Hall–Kier alpha value is -4.06. The van der Waals surface area contributed by atoms with E-state index >= 15 is 0 Å². The van der Waals surface area contributed by atoms with Crippen LogP contribution < -0.4 is 19.3 Å². The molecule has 0 atom stereocenters. The van der Waals surface area contributed by atoms with Crippen LogP contribution in [0.15, 0.2) is 78.9 Å². The lowest BCUT2D eigenvalue weighted by molar-refractivity contribution is -0.307. The highest BCUT2D eigenvalue weighted by molar-refractivity contribution is 6.07. The second kappa shape index (κ2) is 10.6. The molecule has 0 aliphatic heterocycles. The summed E-state index contributed by atoms with van der Waals surface area (Å²) >= 11 is 0. The van der Waals surface area contributed by atoms with Crippen molar-refractivity contribution in [1.29, 1.82) is 0 Å². The number of allylic oxidation sites excluding steroid dienone is 1. The molecule has 0 saturated heterocycles. The topological polar surface area (TPSA) is 84.9 Å². The van der Waals surface area contributed by atoms with E-state index in [2.05, 4.69) is 0 Å². The third-order valence-electron chi connectivity index (χ3n) is 4.33. The average Bonchev–Trinajstić information content (AvgIpc) is 2.80. The van der Waals surface area contributed by atoms with Gasteiger partial charge in [-0.1, -0.05) is 48.5 Å². The number of hydrogen-bond donors (Lipinski definition) is 0. The largest absolute Gasteiger partial charge is 0.546 e. The maximum Gasteiger partial charge on any atom is 0.185 e. The van der Waals surface area contributed by atoms with Gasteiger partial charge in [-0.05, 0) is 47.5 Å². The summed E-state index contributed by atoms with van der Waals surface area (Å²) in [5, 5.41) is 10.6. The molecule has 0 aliphatic rings. The lowest BCUT2D eigenvalue weighted by Crippen LogP contribution is -2.29. The zero-order chi connectivity index (χ0) is 22.1. The molecule has 3 rings (SSSR count). The number of rotatable bonds is 10. The smallest absolute Gasteiger partial charge is 0.185 e. The highest BCUT2D eigenvalue weighted by Crippen LogP contribution is 2.28. The van der Waals surface area contributed by atoms with Crippen LogP contribution in [-0.2, 0) is 11.4 Å². The lowest BCUT2D eigenvalue weighted by atomic mass is 10.1. The van der Waals surface area contributed by atoms with Crippen LogP contribution >= 0.6 is 0 Å². The first-order valence-electron chi connectivity index (χ1n) is 9.55. The summed E-state index contributed by atoms with van der Waals surface area (Å²) in [6, 6.07) is 21.8. The Bertz CT molecular complexity index is 1070. The third-order valence-corrected chi connectivity index (χ3v) is 4.33. The summed E-state index contributed by atoms with van der Waals surface area (Å²) in [6.07, 6.45) is 3.15. The van der Waals surface area contributed by atoms with Gasteiger partial charge < -0.3 is 24.1 Å². The van der Waals surface area contributed by atoms with Crippen LogP contribution in [0.25, 0.3) is 6.08 Å². The maximum atomic E-state index is 12.5. The minimum atomic E-state index is -1.35. The van der Waals surface area contributed by atoms with Gasteiger partial charge in [-0.15, -0.1) is 0 Å². The molecule has 0 aliphatic carbocycles. The summed E-state index contributed by atoms with van der Waals surface area (Å²) in [5.41, 5.74) is 2.27. The molecule has 31 heavy (non-hydrogen) atoms. The predicted octanol–water partition coefficient (Wildman–Crippen LogP) is 3.30. The van der Waals surface area contributed by atoms with E-state index in [1.165, 1.54) is 25.3 Å². The van der Waals surface area contributed by atoms with Gasteiger partial charge in [0.25, 0.3) is 0 Å². The molecule has 0 radical (unpaired) electrons. The fraction of sp³-hybridized carbons (Fsp3) is 0.120. The van der Waals surface area contributed by atoms with Crippen molar-refractivity contribution in [2.24, 2.45) is 0 Å². The molecule has 0 spiro atoms. The minimum Gasteiger partial charge on any atom is -0.546 e. The molecule has 0 fully saturated rings. The fourth-order valence-electron chi connectivity index (χ4n) is 2.79. The molecule has 3 aromatic carbocycles. The first-order chi connectivity index (χ1) is 15.0. The van der Waals surface area contributed by atoms with Gasteiger partial charge in [0.15, 0.2) is 17.3 Å². The van der Waals surface area contributed by atoms with E-state index in [1.54, 1.807) is 12.1 Å². The normalized spacial score (nSPS) is 10.6. The SMILES string of the molecule is COc1cc(C(=O)/C=C/c2cccc(OCc3ccccc3)c2)ccc1OCC(=O)[O-]. The van der Waals surface area contributed by atoms with E-state index < -0.39 is 12.6 Å². The molecule has 0 N–H and O–H groups in total. The molecule has 0 bridgehead atoms. The molecule has 0 heterocycles. The van der Waals surface area contributed by atoms with E-state index in [1.807, 2.05) is 54.6 Å². The number of carboxylic acid groups (broad SMARTS) is 1. The molecule has 158 valence electrons. The molecule has 0 saturated carbocycles. The number of ether oxygens (including phenoxy) is 3. The number of methoxy groups -OCH3 is 1. The average molecular weight is 417 g/mol. The highest BCUT2D eigenvalue weighted by Gasteiger charge is 2.10. The number of aliphatic carboxylic acids is 1. The molecule has 3 aromatic rings. The summed E-state index contributed by atoms with van der Waals surface area (Å²) in [5.74, 6) is -0.401. The molecule has 6 heteroatoms. The number of carboxylic acids is 1. The molecule has 0 aromatic heterocycles. The molecule has 6 nitrogen and oxygen atoms in total. The van der Waals surface area contributed by atoms with Crippen molar-refractivity contribution in [1.82, 2.24) is 0 Å². The van der Waals surface area contributed by atoms with Crippen LogP contribution in [0.3, 0.4) is 0 Å². The molecule has 0 unspecified atom stereocenters. The zero-order valence-corrected chi connectivity index (χ0v) is 16.9. The standard InChI is InChI=1S/C25H22O6/c1-29-24-15-20(11-13-23(24)31-17-25(27)28)22(26)12-10-18-8-5-9-21(14-18)30-16-19-6-3-2-4-7-19/h2-15H,16-17H2,1H3,(H,27,28)/p-1/b12-10+. The Balaban J connectivity index is 1.66. The van der Waals surface area contributed by atoms with Gasteiger partial charge in [-0.2, -0.15) is 0 Å². The van der Waals surface area contributed by atoms with Crippen LogP contribution in [0.2, 0.25) is 0 Å². The van der Waals surface area contributed by atoms with Crippen molar-refractivity contribution in [3.05, 3.63) is 95.6 Å². The van der Waals surface area contributed by atoms with Crippen LogP contribution in [0.1, 0.15) is 21.5 Å². The van der Waals surface area contributed by atoms with Gasteiger partial charge in [-0.3, -0.25) is 4.79 Å². The lowest BCUT2D eigenvalue weighted by Gasteiger charge is -2.11. The van der Waals surface area contributed by atoms with Gasteiger partial charge in [0.05, 0.1) is 13.1 Å². The Morgan fingerprint density at radius 2 is 1.71 bits per heavy atom. The van der Waals surface area contributed by atoms with Crippen molar-refractivity contribution in [2.75, 3.05) is 13.7 Å². The van der Waals surface area contributed by atoms with Gasteiger partial charge in [0.2, 0.25) is 0 Å². The van der Waals surface area contributed by atoms with Crippen molar-refractivity contribution in [3.8, 4) is 17.2 Å². The number of ketones is 1. The maximum absolute atomic E-state index is 12.5. The first-order valence-corrected chi connectivity index (χ1v) is 9.55. The van der Waals surface area contributed by atoms with E-state index in [0.717, 1.165) is 11.1 Å². The van der Waals surface area contributed by atoms with Crippen LogP contribution in [0.4, 0.5) is 0 Å². The number of carbonyl (C=O) groups excluding carboxylic acids is 2. The van der Waals surface area contributed by atoms with Crippen LogP contribution in [0, 0.1) is 0 Å². The number of hydrogen-bond acceptors (Lipinski definition) is 6. The quantitative estimate of drug-likeness (QED) is 0.372. The molecular weight excluding hydrogens is 396 g/mol. The minimum absolute atomic E-state index is 0.218. The Labute approximate surface area is 180 Å². The summed E-state index contributed by atoms with van der Waals surface area (Å²) in [7, 11) is 1.41. The van der Waals surface area contributed by atoms with E-state index in [0.29, 0.717) is 17.9 Å². The van der Waals surface area contributed by atoms with Gasteiger partial charge >= 0.3 is 0 Å². The second-order valence-corrected chi connectivity index (χ2v) is 6.57. The Morgan fingerprint density at radius 3 is 2.45 bits per heavy atom. The number of benzene rings is 3. The summed E-state index contributed by atoms with van der Waals surface area (Å²) in [4.78, 5) is 23.1. The predicted molar refractivity (Wildman–Crippen MR) is 114 cm³/mol. The fourth-order valence-corrected chi connectivity index (χ4v) is 2.79. The van der Waals surface area contributed by atoms with Gasteiger partial charge in [-0.25, -0.2) is 0 Å². The van der Waals surface area contributed by atoms with Gasteiger partial charge in [0, 0.05) is 5.56 Å². The van der Waals surface area contributed by atoms with E-state index in [-0.39, 0.29) is 17.3 Å². The van der Waals surface area contributed by atoms with Crippen molar-refractivity contribution in [2.45, 2.75) is 6.61 Å². The van der Waals surface area contributed by atoms with Gasteiger partial charge in [0.1, 0.15) is 19.0 Å². The Morgan fingerprint density at radius 1 is 0.903 bits per heavy atom. The molecule has 0 amide bonds. The van der Waals surface area contributed by atoms with E-state index in [9.17, 15) is 14.7 Å². The third kappa shape index (κ3) is 6.47. The monoisotopic (exact) mass is 417 g/mol. The zero-order valence-electron chi connectivity index (χ0n) is 16.9. The van der Waals surface area contributed by atoms with Crippen molar-refractivity contribution in [3.63, 3.8) is 0 Å². The number of carbonyl (C=O) groups is 2. The Kier molecular flexibility index (Phi) is 7.43. The van der Waals surface area contributed by atoms with Crippen LogP contribution in [-0.4, -0.2) is 25.5 Å². The summed E-state index contributed by atoms with van der Waals surface area (Å²) < 4.78 is 16.1. The molecular formula is C25H21O6-. The van der Waals surface area contributed by atoms with Crippen LogP contribution in [0.5, 0.6) is 17.2 Å². The second-order valence-electron chi connectivity index (χ2n) is 6.57. The highest BCUT2D eigenvalue weighted by atomic mass is 16.5. The summed E-state index contributed by atoms with van der Waals surface area (Å²) in [6.45, 7) is -0.147. The van der Waals surface area contributed by atoms with Crippen molar-refractivity contribution >= 4 is 17.8 Å². The first kappa shape index (κ1) is 21.6. The van der Waals surface area contributed by atoms with E-state index in [4.69, 9.17) is 14.2 Å². The van der Waals surface area contributed by atoms with Crippen molar-refractivity contribution < 1.29 is 28.9 Å².